The van der Waals surface area contributed by atoms with Crippen LogP contribution >= 0.6 is 0 Å². The van der Waals surface area contributed by atoms with E-state index in [1.165, 1.54) is 0 Å². The second kappa shape index (κ2) is 3.45. The highest BCUT2D eigenvalue weighted by molar-refractivity contribution is 5.34. The molecule has 0 radical (unpaired) electrons. The Hall–Kier alpha value is -1.30. The first-order valence-electron chi connectivity index (χ1n) is 3.55. The van der Waals surface area contributed by atoms with Crippen LogP contribution in [0.2, 0.25) is 0 Å². The van der Waals surface area contributed by atoms with Crippen LogP contribution in [0.1, 0.15) is 11.7 Å². The maximum Gasteiger partial charge on any atom is 0.418 e. The fourth-order valence-electron chi connectivity index (χ4n) is 0.921. The van der Waals surface area contributed by atoms with Crippen LogP contribution in [0.25, 0.3) is 0 Å². The van der Waals surface area contributed by atoms with Crippen LogP contribution in [0, 0.1) is 5.82 Å². The Morgan fingerprint density at radius 2 is 1.79 bits per heavy atom. The standard InChI is InChI=1S/C8H6F4O2/c9-4-1-2-6(13)5(3-4)7(14)8(10,11)12/h1-3,7,13-14H/t7-/m0/s1. The second-order valence-corrected chi connectivity index (χ2v) is 2.65. The quantitative estimate of drug-likeness (QED) is 0.697. The highest BCUT2D eigenvalue weighted by Gasteiger charge is 2.40. The molecule has 1 atom stereocenters. The van der Waals surface area contributed by atoms with E-state index in [-0.39, 0.29) is 0 Å². The number of halogens is 4. The first-order valence-corrected chi connectivity index (χ1v) is 3.55. The molecule has 2 N–H and O–H groups in total. The highest BCUT2D eigenvalue weighted by Crippen LogP contribution is 2.36. The minimum atomic E-state index is -4.93. The molecule has 1 aromatic rings. The van der Waals surface area contributed by atoms with E-state index < -0.39 is 29.4 Å². The van der Waals surface area contributed by atoms with E-state index in [1.54, 1.807) is 0 Å². The van der Waals surface area contributed by atoms with Gasteiger partial charge in [0, 0.05) is 5.56 Å². The van der Waals surface area contributed by atoms with Crippen molar-refractivity contribution < 1.29 is 27.8 Å². The van der Waals surface area contributed by atoms with Gasteiger partial charge >= 0.3 is 6.18 Å². The summed E-state index contributed by atoms with van der Waals surface area (Å²) in [5, 5.41) is 17.7. The van der Waals surface area contributed by atoms with Gasteiger partial charge in [-0.25, -0.2) is 4.39 Å². The van der Waals surface area contributed by atoms with E-state index in [0.29, 0.717) is 6.07 Å². The van der Waals surface area contributed by atoms with Gasteiger partial charge in [-0.15, -0.1) is 0 Å². The molecule has 78 valence electrons. The summed E-state index contributed by atoms with van der Waals surface area (Å²) in [7, 11) is 0. The van der Waals surface area contributed by atoms with Crippen molar-refractivity contribution in [3.63, 3.8) is 0 Å². The third kappa shape index (κ3) is 2.14. The molecule has 0 aromatic heterocycles. The Kier molecular flexibility index (Phi) is 2.66. The molecular formula is C8H6F4O2. The predicted molar refractivity (Wildman–Crippen MR) is 39.1 cm³/mol. The van der Waals surface area contributed by atoms with Gasteiger partial charge in [0.25, 0.3) is 0 Å². The average Bonchev–Trinajstić information content (AvgIpc) is 2.06. The number of alkyl halides is 3. The largest absolute Gasteiger partial charge is 0.508 e. The Balaban J connectivity index is 3.12. The second-order valence-electron chi connectivity index (χ2n) is 2.65. The summed E-state index contributed by atoms with van der Waals surface area (Å²) >= 11 is 0. The number of phenols is 1. The molecule has 0 aliphatic rings. The number of hydrogen-bond donors (Lipinski definition) is 2. The van der Waals surface area contributed by atoms with Crippen molar-refractivity contribution in [2.75, 3.05) is 0 Å². The highest BCUT2D eigenvalue weighted by atomic mass is 19.4. The Labute approximate surface area is 76.4 Å². The summed E-state index contributed by atoms with van der Waals surface area (Å²) in [6.45, 7) is 0. The molecule has 14 heavy (non-hydrogen) atoms. The summed E-state index contributed by atoms with van der Waals surface area (Å²) < 4.78 is 48.4. The molecule has 0 fully saturated rings. The van der Waals surface area contributed by atoms with Gasteiger partial charge in [0.1, 0.15) is 11.6 Å². The van der Waals surface area contributed by atoms with Crippen molar-refractivity contribution >= 4 is 0 Å². The third-order valence-corrected chi connectivity index (χ3v) is 1.59. The molecule has 0 amide bonds. The van der Waals surface area contributed by atoms with E-state index >= 15 is 0 Å². The SMILES string of the molecule is Oc1ccc(F)cc1[C@H](O)C(F)(F)F. The van der Waals surface area contributed by atoms with E-state index in [9.17, 15) is 17.6 Å². The maximum atomic E-state index is 12.5. The van der Waals surface area contributed by atoms with E-state index in [0.717, 1.165) is 12.1 Å². The van der Waals surface area contributed by atoms with Crippen LogP contribution in [0.15, 0.2) is 18.2 Å². The fraction of sp³-hybridized carbons (Fsp3) is 0.250. The van der Waals surface area contributed by atoms with Crippen molar-refractivity contribution in [3.8, 4) is 5.75 Å². The van der Waals surface area contributed by atoms with E-state index in [1.807, 2.05) is 0 Å². The van der Waals surface area contributed by atoms with Crippen LogP contribution < -0.4 is 0 Å². The van der Waals surface area contributed by atoms with E-state index in [4.69, 9.17) is 10.2 Å². The molecule has 0 bridgehead atoms. The number of aliphatic hydroxyl groups excluding tert-OH is 1. The van der Waals surface area contributed by atoms with Gasteiger partial charge in [0.15, 0.2) is 6.10 Å². The number of benzene rings is 1. The number of rotatable bonds is 1. The lowest BCUT2D eigenvalue weighted by Crippen LogP contribution is -2.20. The minimum Gasteiger partial charge on any atom is -0.508 e. The molecule has 0 saturated heterocycles. The van der Waals surface area contributed by atoms with Gasteiger partial charge in [-0.1, -0.05) is 0 Å². The Morgan fingerprint density at radius 3 is 2.29 bits per heavy atom. The first kappa shape index (κ1) is 10.8. The maximum absolute atomic E-state index is 12.5. The Bertz CT molecular complexity index is 335. The number of hydrogen-bond acceptors (Lipinski definition) is 2. The molecule has 1 aromatic carbocycles. The zero-order valence-electron chi connectivity index (χ0n) is 6.72. The smallest absolute Gasteiger partial charge is 0.418 e. The van der Waals surface area contributed by atoms with Crippen LogP contribution in [0.5, 0.6) is 5.75 Å². The Morgan fingerprint density at radius 1 is 1.21 bits per heavy atom. The lowest BCUT2D eigenvalue weighted by molar-refractivity contribution is -0.207. The van der Waals surface area contributed by atoms with Crippen molar-refractivity contribution in [2.45, 2.75) is 12.3 Å². The molecule has 0 heterocycles. The zero-order valence-corrected chi connectivity index (χ0v) is 6.72. The lowest BCUT2D eigenvalue weighted by atomic mass is 10.1. The average molecular weight is 210 g/mol. The van der Waals surface area contributed by atoms with Crippen molar-refractivity contribution in [3.05, 3.63) is 29.6 Å². The third-order valence-electron chi connectivity index (χ3n) is 1.59. The molecule has 6 heteroatoms. The van der Waals surface area contributed by atoms with Gasteiger partial charge in [0.2, 0.25) is 0 Å². The molecule has 0 saturated carbocycles. The number of aromatic hydroxyl groups is 1. The van der Waals surface area contributed by atoms with Crippen molar-refractivity contribution in [1.29, 1.82) is 0 Å². The zero-order chi connectivity index (χ0) is 10.9. The number of phenolic OH excluding ortho intramolecular Hbond substituents is 1. The summed E-state index contributed by atoms with van der Waals surface area (Å²) in [4.78, 5) is 0. The summed E-state index contributed by atoms with van der Waals surface area (Å²) in [6, 6.07) is 1.98. The van der Waals surface area contributed by atoms with Gasteiger partial charge in [-0.2, -0.15) is 13.2 Å². The minimum absolute atomic E-state index is 0.438. The number of aliphatic hydroxyl groups is 1. The monoisotopic (exact) mass is 210 g/mol. The topological polar surface area (TPSA) is 40.5 Å². The summed E-state index contributed by atoms with van der Waals surface area (Å²) in [6.07, 6.45) is -7.80. The molecule has 0 aliphatic heterocycles. The van der Waals surface area contributed by atoms with Crippen LogP contribution in [0.3, 0.4) is 0 Å². The van der Waals surface area contributed by atoms with Gasteiger partial charge in [-0.3, -0.25) is 0 Å². The first-order chi connectivity index (χ1) is 6.32. The molecule has 1 rings (SSSR count). The van der Waals surface area contributed by atoms with Crippen molar-refractivity contribution in [2.24, 2.45) is 0 Å². The van der Waals surface area contributed by atoms with Gasteiger partial charge in [0.05, 0.1) is 0 Å². The van der Waals surface area contributed by atoms with Gasteiger partial charge < -0.3 is 10.2 Å². The van der Waals surface area contributed by atoms with Crippen LogP contribution in [-0.2, 0) is 0 Å². The molecule has 0 unspecified atom stereocenters. The normalized spacial score (nSPS) is 14.1. The van der Waals surface area contributed by atoms with Crippen LogP contribution in [0.4, 0.5) is 17.6 Å². The van der Waals surface area contributed by atoms with E-state index in [2.05, 4.69) is 0 Å². The molecule has 0 spiro atoms. The molecule has 2 nitrogen and oxygen atoms in total. The molecular weight excluding hydrogens is 204 g/mol. The van der Waals surface area contributed by atoms with Crippen molar-refractivity contribution in [1.82, 2.24) is 0 Å². The van der Waals surface area contributed by atoms with Crippen LogP contribution in [-0.4, -0.2) is 16.4 Å². The van der Waals surface area contributed by atoms with Gasteiger partial charge in [-0.05, 0) is 18.2 Å². The fourth-order valence-corrected chi connectivity index (χ4v) is 0.921. The lowest BCUT2D eigenvalue weighted by Gasteiger charge is -2.15. The summed E-state index contributed by atoms with van der Waals surface area (Å²) in [5.41, 5.74) is -0.891. The molecule has 0 aliphatic carbocycles. The predicted octanol–water partition coefficient (Wildman–Crippen LogP) is 2.13. The summed E-state index contributed by atoms with van der Waals surface area (Å²) in [5.74, 6) is -1.75.